The highest BCUT2D eigenvalue weighted by Crippen LogP contribution is 2.22. The Kier molecular flexibility index (Phi) is 4.76. The molecular formula is C18H21NO2. The molecular weight excluding hydrogens is 262 g/mol. The number of rotatable bonds is 6. The number of aryl methyl sites for hydroxylation is 2. The van der Waals surface area contributed by atoms with Gasteiger partial charge in [0, 0.05) is 31.1 Å². The van der Waals surface area contributed by atoms with E-state index in [1.54, 1.807) is 6.07 Å². The molecule has 0 unspecified atom stereocenters. The molecule has 2 rings (SSSR count). The van der Waals surface area contributed by atoms with E-state index in [0.29, 0.717) is 12.1 Å². The lowest BCUT2D eigenvalue weighted by molar-refractivity contribution is 0.328. The van der Waals surface area contributed by atoms with Gasteiger partial charge in [-0.05, 0) is 42.7 Å². The van der Waals surface area contributed by atoms with Gasteiger partial charge < -0.3 is 4.42 Å². The van der Waals surface area contributed by atoms with Gasteiger partial charge in [-0.2, -0.15) is 0 Å². The summed E-state index contributed by atoms with van der Waals surface area (Å²) in [5.74, 6) is 0. The van der Waals surface area contributed by atoms with Crippen LogP contribution >= 0.6 is 0 Å². The molecule has 110 valence electrons. The molecule has 1 heterocycles. The van der Waals surface area contributed by atoms with E-state index >= 15 is 0 Å². The van der Waals surface area contributed by atoms with Crippen LogP contribution in [0.25, 0.3) is 11.0 Å². The Labute approximate surface area is 125 Å². The van der Waals surface area contributed by atoms with E-state index in [1.165, 1.54) is 5.56 Å². The van der Waals surface area contributed by atoms with Crippen molar-refractivity contribution in [2.75, 3.05) is 13.1 Å². The second-order valence-corrected chi connectivity index (χ2v) is 5.29. The average molecular weight is 283 g/mol. The lowest BCUT2D eigenvalue weighted by atomic mass is 10.0. The monoisotopic (exact) mass is 283 g/mol. The first-order chi connectivity index (χ1) is 10.0. The summed E-state index contributed by atoms with van der Waals surface area (Å²) in [6.45, 7) is 13.8. The van der Waals surface area contributed by atoms with Crippen molar-refractivity contribution in [3.8, 4) is 0 Å². The molecule has 1 aromatic heterocycles. The Hall–Kier alpha value is -2.13. The molecule has 0 atom stereocenters. The van der Waals surface area contributed by atoms with Gasteiger partial charge in [-0.3, -0.25) is 4.90 Å². The molecule has 0 spiro atoms. The van der Waals surface area contributed by atoms with Crippen molar-refractivity contribution < 1.29 is 4.42 Å². The summed E-state index contributed by atoms with van der Waals surface area (Å²) in [6, 6.07) is 5.60. The van der Waals surface area contributed by atoms with Crippen molar-refractivity contribution in [3.63, 3.8) is 0 Å². The second kappa shape index (κ2) is 6.55. The van der Waals surface area contributed by atoms with Crippen LogP contribution in [0.15, 0.2) is 52.7 Å². The van der Waals surface area contributed by atoms with E-state index < -0.39 is 0 Å². The van der Waals surface area contributed by atoms with Gasteiger partial charge in [-0.25, -0.2) is 4.79 Å². The molecule has 0 radical (unpaired) electrons. The maximum Gasteiger partial charge on any atom is 0.336 e. The minimum absolute atomic E-state index is 0.307. The highest BCUT2D eigenvalue weighted by Gasteiger charge is 2.10. The minimum atomic E-state index is -0.307. The van der Waals surface area contributed by atoms with Crippen molar-refractivity contribution in [2.45, 2.75) is 20.4 Å². The average Bonchev–Trinajstić information content (AvgIpc) is 2.41. The molecule has 0 bridgehead atoms. The highest BCUT2D eigenvalue weighted by atomic mass is 16.4. The Morgan fingerprint density at radius 2 is 1.71 bits per heavy atom. The molecule has 2 aromatic rings. The molecule has 3 heteroatoms. The molecule has 21 heavy (non-hydrogen) atoms. The fourth-order valence-corrected chi connectivity index (χ4v) is 2.42. The molecule has 0 aliphatic rings. The molecule has 0 amide bonds. The minimum Gasteiger partial charge on any atom is -0.423 e. The van der Waals surface area contributed by atoms with Crippen LogP contribution in [-0.4, -0.2) is 18.0 Å². The maximum absolute atomic E-state index is 11.8. The maximum atomic E-state index is 11.8. The van der Waals surface area contributed by atoms with Crippen LogP contribution in [0, 0.1) is 13.8 Å². The fourth-order valence-electron chi connectivity index (χ4n) is 2.42. The van der Waals surface area contributed by atoms with Crippen LogP contribution in [0.2, 0.25) is 0 Å². The van der Waals surface area contributed by atoms with Crippen molar-refractivity contribution >= 4 is 11.0 Å². The molecule has 1 aromatic carbocycles. The van der Waals surface area contributed by atoms with Gasteiger partial charge in [0.2, 0.25) is 0 Å². The zero-order chi connectivity index (χ0) is 15.4. The van der Waals surface area contributed by atoms with E-state index in [9.17, 15) is 4.79 Å². The number of hydrogen-bond donors (Lipinski definition) is 0. The van der Waals surface area contributed by atoms with Crippen molar-refractivity contribution in [3.05, 3.63) is 70.6 Å². The first-order valence-electron chi connectivity index (χ1n) is 7.03. The molecule has 0 fully saturated rings. The topological polar surface area (TPSA) is 33.5 Å². The summed E-state index contributed by atoms with van der Waals surface area (Å²) in [5.41, 5.74) is 3.64. The van der Waals surface area contributed by atoms with Gasteiger partial charge in [0.15, 0.2) is 0 Å². The SMILES string of the molecule is C=CCN(CC=C)Cc1cc(=O)oc2cc(C)c(C)cc12. The van der Waals surface area contributed by atoms with Gasteiger partial charge in [0.05, 0.1) is 0 Å². The predicted molar refractivity (Wildman–Crippen MR) is 87.6 cm³/mol. The molecule has 0 aliphatic heterocycles. The van der Waals surface area contributed by atoms with E-state index in [4.69, 9.17) is 4.42 Å². The van der Waals surface area contributed by atoms with E-state index in [0.717, 1.165) is 29.6 Å². The smallest absolute Gasteiger partial charge is 0.336 e. The van der Waals surface area contributed by atoms with Crippen molar-refractivity contribution in [1.82, 2.24) is 4.90 Å². The Bertz CT molecular complexity index is 718. The lowest BCUT2D eigenvalue weighted by Crippen LogP contribution is -2.24. The van der Waals surface area contributed by atoms with E-state index in [1.807, 2.05) is 25.1 Å². The predicted octanol–water partition coefficient (Wildman–Crippen LogP) is 3.58. The zero-order valence-electron chi connectivity index (χ0n) is 12.7. The summed E-state index contributed by atoms with van der Waals surface area (Å²) in [4.78, 5) is 13.9. The third-order valence-electron chi connectivity index (χ3n) is 3.61. The van der Waals surface area contributed by atoms with Crippen molar-refractivity contribution in [1.29, 1.82) is 0 Å². The van der Waals surface area contributed by atoms with Crippen LogP contribution in [0.5, 0.6) is 0 Å². The van der Waals surface area contributed by atoms with Crippen LogP contribution in [0.1, 0.15) is 16.7 Å². The third kappa shape index (κ3) is 3.50. The van der Waals surface area contributed by atoms with Crippen LogP contribution in [-0.2, 0) is 6.54 Å². The molecule has 0 aliphatic carbocycles. The highest BCUT2D eigenvalue weighted by molar-refractivity contribution is 5.81. The Morgan fingerprint density at radius 3 is 2.33 bits per heavy atom. The van der Waals surface area contributed by atoms with E-state index in [2.05, 4.69) is 31.0 Å². The lowest BCUT2D eigenvalue weighted by Gasteiger charge is -2.19. The molecule has 0 saturated heterocycles. The van der Waals surface area contributed by atoms with Crippen LogP contribution < -0.4 is 5.63 Å². The quantitative estimate of drug-likeness (QED) is 0.600. The molecule has 3 nitrogen and oxygen atoms in total. The summed E-state index contributed by atoms with van der Waals surface area (Å²) < 4.78 is 5.33. The summed E-state index contributed by atoms with van der Waals surface area (Å²) in [5, 5.41) is 0.996. The number of nitrogens with zero attached hydrogens (tertiary/aromatic N) is 1. The Morgan fingerprint density at radius 1 is 1.10 bits per heavy atom. The van der Waals surface area contributed by atoms with Gasteiger partial charge >= 0.3 is 5.63 Å². The summed E-state index contributed by atoms with van der Waals surface area (Å²) in [7, 11) is 0. The normalized spacial score (nSPS) is 11.0. The van der Waals surface area contributed by atoms with Crippen LogP contribution in [0.4, 0.5) is 0 Å². The number of fused-ring (bicyclic) bond motifs is 1. The second-order valence-electron chi connectivity index (χ2n) is 5.29. The third-order valence-corrected chi connectivity index (χ3v) is 3.61. The van der Waals surface area contributed by atoms with Gasteiger partial charge in [-0.1, -0.05) is 12.2 Å². The molecule has 0 N–H and O–H groups in total. The summed E-state index contributed by atoms with van der Waals surface area (Å²) >= 11 is 0. The first-order valence-corrected chi connectivity index (χ1v) is 7.03. The zero-order valence-corrected chi connectivity index (χ0v) is 12.7. The first kappa shape index (κ1) is 15.3. The number of benzene rings is 1. The number of hydrogen-bond acceptors (Lipinski definition) is 3. The fraction of sp³-hybridized carbons (Fsp3) is 0.278. The standard InChI is InChI=1S/C18H21NO2/c1-5-7-19(8-6-2)12-15-11-18(20)21-17-10-14(4)13(3)9-16(15)17/h5-6,9-11H,1-2,7-8,12H2,3-4H3. The van der Waals surface area contributed by atoms with Gasteiger partial charge in [0.25, 0.3) is 0 Å². The largest absolute Gasteiger partial charge is 0.423 e. The van der Waals surface area contributed by atoms with Crippen molar-refractivity contribution in [2.24, 2.45) is 0 Å². The van der Waals surface area contributed by atoms with Gasteiger partial charge in [0.1, 0.15) is 5.58 Å². The summed E-state index contributed by atoms with van der Waals surface area (Å²) in [6.07, 6.45) is 3.71. The van der Waals surface area contributed by atoms with Gasteiger partial charge in [-0.15, -0.1) is 13.2 Å². The molecule has 0 saturated carbocycles. The van der Waals surface area contributed by atoms with Crippen LogP contribution in [0.3, 0.4) is 0 Å². The van der Waals surface area contributed by atoms with E-state index in [-0.39, 0.29) is 5.63 Å². The Balaban J connectivity index is 2.51.